The molecule has 1 amide bonds. The van der Waals surface area contributed by atoms with Gasteiger partial charge in [-0.15, -0.1) is 0 Å². The zero-order valence-electron chi connectivity index (χ0n) is 13.5. The van der Waals surface area contributed by atoms with E-state index in [4.69, 9.17) is 4.74 Å². The molecule has 3 saturated heterocycles. The Morgan fingerprint density at radius 1 is 1.25 bits per heavy atom. The number of amides is 1. The molecule has 6 heteroatoms. The molecule has 6 nitrogen and oxygen atoms in total. The summed E-state index contributed by atoms with van der Waals surface area (Å²) in [6.45, 7) is 3.28. The van der Waals surface area contributed by atoms with Crippen LogP contribution in [0, 0.1) is 0 Å². The van der Waals surface area contributed by atoms with Crippen LogP contribution in [0.2, 0.25) is 0 Å². The second kappa shape index (κ2) is 5.16. The molecule has 0 bridgehead atoms. The Morgan fingerprint density at radius 2 is 2.12 bits per heavy atom. The van der Waals surface area contributed by atoms with Crippen LogP contribution in [-0.2, 0) is 16.1 Å². The van der Waals surface area contributed by atoms with E-state index >= 15 is 0 Å². The van der Waals surface area contributed by atoms with Gasteiger partial charge in [-0.3, -0.25) is 9.69 Å². The van der Waals surface area contributed by atoms with Crippen molar-refractivity contribution in [1.82, 2.24) is 19.4 Å². The van der Waals surface area contributed by atoms with Gasteiger partial charge in [0.25, 0.3) is 0 Å². The Labute approximate surface area is 140 Å². The van der Waals surface area contributed by atoms with E-state index in [0.29, 0.717) is 13.0 Å². The molecule has 3 aliphatic heterocycles. The van der Waals surface area contributed by atoms with Crippen LogP contribution in [-0.4, -0.2) is 56.7 Å². The highest BCUT2D eigenvalue weighted by molar-refractivity contribution is 5.81. The van der Waals surface area contributed by atoms with Crippen LogP contribution in [0.5, 0.6) is 0 Å². The average Bonchev–Trinajstić information content (AvgIpc) is 3.34. The van der Waals surface area contributed by atoms with Crippen LogP contribution in [0.1, 0.15) is 18.4 Å². The maximum Gasteiger partial charge on any atom is 0.226 e. The molecule has 3 aliphatic rings. The summed E-state index contributed by atoms with van der Waals surface area (Å²) >= 11 is 0. The van der Waals surface area contributed by atoms with E-state index in [0.717, 1.165) is 31.7 Å². The zero-order chi connectivity index (χ0) is 16.1. The fourth-order valence-electron chi connectivity index (χ4n) is 4.48. The lowest BCUT2D eigenvalue weighted by Crippen LogP contribution is -2.47. The standard InChI is InChI=1S/C18H20N4O2/c23-17-11-16-18(22(17)9-10-24-18)5-7-20(16)12-14-1-3-15(4-2-14)21-8-6-19-13-21/h1-4,6,8,13,16H,5,7,9-12H2/t16-,18+/m1/s1. The molecule has 1 aromatic carbocycles. The van der Waals surface area contributed by atoms with Crippen molar-refractivity contribution >= 4 is 5.91 Å². The number of carbonyl (C=O) groups is 1. The van der Waals surface area contributed by atoms with Crippen LogP contribution in [0.4, 0.5) is 0 Å². The van der Waals surface area contributed by atoms with Gasteiger partial charge in [0.15, 0.2) is 5.72 Å². The van der Waals surface area contributed by atoms with Crippen molar-refractivity contribution in [2.75, 3.05) is 19.7 Å². The summed E-state index contributed by atoms with van der Waals surface area (Å²) in [5.41, 5.74) is 2.03. The van der Waals surface area contributed by atoms with E-state index < -0.39 is 0 Å². The summed E-state index contributed by atoms with van der Waals surface area (Å²) in [5, 5.41) is 0. The number of rotatable bonds is 3. The Balaban J connectivity index is 1.35. The summed E-state index contributed by atoms with van der Waals surface area (Å²) in [7, 11) is 0. The van der Waals surface area contributed by atoms with Gasteiger partial charge in [-0.25, -0.2) is 4.98 Å². The molecular formula is C18H20N4O2. The van der Waals surface area contributed by atoms with Gasteiger partial charge in [-0.1, -0.05) is 12.1 Å². The molecule has 0 aliphatic carbocycles. The first-order valence-electron chi connectivity index (χ1n) is 8.52. The van der Waals surface area contributed by atoms with Gasteiger partial charge in [0, 0.05) is 50.6 Å². The van der Waals surface area contributed by atoms with E-state index in [1.165, 1.54) is 5.56 Å². The predicted octanol–water partition coefficient (Wildman–Crippen LogP) is 1.41. The van der Waals surface area contributed by atoms with Gasteiger partial charge in [0.2, 0.25) is 5.91 Å². The molecule has 0 saturated carbocycles. The van der Waals surface area contributed by atoms with Crippen molar-refractivity contribution in [2.45, 2.75) is 31.2 Å². The van der Waals surface area contributed by atoms with E-state index in [-0.39, 0.29) is 17.7 Å². The highest BCUT2D eigenvalue weighted by Gasteiger charge is 2.61. The van der Waals surface area contributed by atoms with E-state index in [1.807, 2.05) is 15.7 Å². The first-order valence-corrected chi connectivity index (χ1v) is 8.52. The quantitative estimate of drug-likeness (QED) is 0.856. The van der Waals surface area contributed by atoms with Crippen molar-refractivity contribution in [3.63, 3.8) is 0 Å². The fraction of sp³-hybridized carbons (Fsp3) is 0.444. The lowest BCUT2D eigenvalue weighted by Gasteiger charge is -2.31. The van der Waals surface area contributed by atoms with Gasteiger partial charge in [0.05, 0.1) is 19.0 Å². The zero-order valence-corrected chi connectivity index (χ0v) is 13.5. The molecule has 2 atom stereocenters. The smallest absolute Gasteiger partial charge is 0.226 e. The Hall–Kier alpha value is -2.18. The van der Waals surface area contributed by atoms with Crippen molar-refractivity contribution in [3.8, 4) is 5.69 Å². The Bertz CT molecular complexity index is 758. The predicted molar refractivity (Wildman–Crippen MR) is 87.4 cm³/mol. The lowest BCUT2D eigenvalue weighted by molar-refractivity contribution is -0.136. The number of hydrogen-bond donors (Lipinski definition) is 0. The third-order valence-electron chi connectivity index (χ3n) is 5.64. The third kappa shape index (κ3) is 1.96. The molecule has 124 valence electrons. The SMILES string of the molecule is O=C1C[C@H]2N(Cc3ccc(-n4ccnc4)cc3)CC[C@]23OCCN13. The number of carbonyl (C=O) groups excluding carboxylic acids is 1. The first kappa shape index (κ1) is 14.2. The number of imidazole rings is 1. The number of hydrogen-bond acceptors (Lipinski definition) is 4. The molecule has 1 aromatic heterocycles. The number of nitrogens with zero attached hydrogens (tertiary/aromatic N) is 4. The molecular weight excluding hydrogens is 304 g/mol. The molecule has 4 heterocycles. The second-order valence-electron chi connectivity index (χ2n) is 6.82. The maximum absolute atomic E-state index is 12.2. The summed E-state index contributed by atoms with van der Waals surface area (Å²) < 4.78 is 8.04. The summed E-state index contributed by atoms with van der Waals surface area (Å²) in [6, 6.07) is 8.73. The largest absolute Gasteiger partial charge is 0.352 e. The average molecular weight is 324 g/mol. The van der Waals surface area contributed by atoms with Crippen molar-refractivity contribution in [1.29, 1.82) is 0 Å². The third-order valence-corrected chi connectivity index (χ3v) is 5.64. The van der Waals surface area contributed by atoms with Gasteiger partial charge >= 0.3 is 0 Å². The van der Waals surface area contributed by atoms with Crippen LogP contribution in [0.25, 0.3) is 5.69 Å². The first-order chi connectivity index (χ1) is 11.8. The molecule has 0 unspecified atom stereocenters. The molecule has 2 aromatic rings. The fourth-order valence-corrected chi connectivity index (χ4v) is 4.48. The minimum Gasteiger partial charge on any atom is -0.352 e. The van der Waals surface area contributed by atoms with Crippen LogP contribution in [0.3, 0.4) is 0 Å². The monoisotopic (exact) mass is 324 g/mol. The van der Waals surface area contributed by atoms with Crippen molar-refractivity contribution in [2.24, 2.45) is 0 Å². The topological polar surface area (TPSA) is 50.6 Å². The lowest BCUT2D eigenvalue weighted by atomic mass is 10.1. The number of benzene rings is 1. The van der Waals surface area contributed by atoms with E-state index in [2.05, 4.69) is 34.1 Å². The van der Waals surface area contributed by atoms with Crippen LogP contribution >= 0.6 is 0 Å². The minimum absolute atomic E-state index is 0.195. The highest BCUT2D eigenvalue weighted by atomic mass is 16.5. The second-order valence-corrected chi connectivity index (χ2v) is 6.82. The van der Waals surface area contributed by atoms with E-state index in [9.17, 15) is 4.79 Å². The van der Waals surface area contributed by atoms with Crippen molar-refractivity contribution in [3.05, 3.63) is 48.5 Å². The molecule has 3 fully saturated rings. The number of likely N-dealkylation sites (tertiary alicyclic amines) is 1. The molecule has 0 radical (unpaired) electrons. The normalized spacial score (nSPS) is 29.2. The Kier molecular flexibility index (Phi) is 3.05. The van der Waals surface area contributed by atoms with Gasteiger partial charge < -0.3 is 14.2 Å². The molecule has 1 spiro atoms. The van der Waals surface area contributed by atoms with Crippen LogP contribution < -0.4 is 0 Å². The molecule has 0 N–H and O–H groups in total. The minimum atomic E-state index is -0.339. The number of ether oxygens (including phenoxy) is 1. The summed E-state index contributed by atoms with van der Waals surface area (Å²) in [5.74, 6) is 0.248. The number of aromatic nitrogens is 2. The Morgan fingerprint density at radius 3 is 2.92 bits per heavy atom. The molecule has 5 rings (SSSR count). The van der Waals surface area contributed by atoms with E-state index in [1.54, 1.807) is 12.5 Å². The summed E-state index contributed by atoms with van der Waals surface area (Å²) in [4.78, 5) is 20.7. The maximum atomic E-state index is 12.2. The molecule has 24 heavy (non-hydrogen) atoms. The summed E-state index contributed by atoms with van der Waals surface area (Å²) in [6.07, 6.45) is 7.04. The van der Waals surface area contributed by atoms with Crippen LogP contribution in [0.15, 0.2) is 43.0 Å². The highest BCUT2D eigenvalue weighted by Crippen LogP contribution is 2.45. The van der Waals surface area contributed by atoms with Gasteiger partial charge in [-0.2, -0.15) is 0 Å². The van der Waals surface area contributed by atoms with Gasteiger partial charge in [-0.05, 0) is 17.7 Å². The van der Waals surface area contributed by atoms with Crippen molar-refractivity contribution < 1.29 is 9.53 Å². The van der Waals surface area contributed by atoms with Gasteiger partial charge in [0.1, 0.15) is 0 Å².